The molecule has 3 aromatic carbocycles. The van der Waals surface area contributed by atoms with Gasteiger partial charge < -0.3 is 20.4 Å². The summed E-state index contributed by atoms with van der Waals surface area (Å²) in [7, 11) is 1.63. The van der Waals surface area contributed by atoms with Crippen molar-refractivity contribution >= 4 is 28.4 Å². The molecule has 0 fully saturated rings. The first-order chi connectivity index (χ1) is 16.9. The minimum absolute atomic E-state index is 0.159. The van der Waals surface area contributed by atoms with Crippen LogP contribution < -0.4 is 15.4 Å². The number of aromatic nitrogens is 1. The molecule has 6 heteroatoms. The molecule has 180 valence electrons. The number of benzene rings is 3. The maximum Gasteiger partial charge on any atom is 0.247 e. The van der Waals surface area contributed by atoms with E-state index in [1.807, 2.05) is 86.8 Å². The van der Waals surface area contributed by atoms with Gasteiger partial charge in [0.2, 0.25) is 11.8 Å². The second kappa shape index (κ2) is 10.9. The Labute approximate surface area is 205 Å². The Morgan fingerprint density at radius 1 is 0.971 bits per heavy atom. The van der Waals surface area contributed by atoms with Crippen LogP contribution in [0.1, 0.15) is 28.7 Å². The van der Waals surface area contributed by atoms with Crippen LogP contribution in [0.15, 0.2) is 72.9 Å². The second-order valence-corrected chi connectivity index (χ2v) is 8.79. The maximum atomic E-state index is 13.5. The predicted molar refractivity (Wildman–Crippen MR) is 140 cm³/mol. The van der Waals surface area contributed by atoms with Crippen molar-refractivity contribution in [2.24, 2.45) is 0 Å². The van der Waals surface area contributed by atoms with Gasteiger partial charge in [0.15, 0.2) is 0 Å². The summed E-state index contributed by atoms with van der Waals surface area (Å²) in [6.07, 6.45) is 3.15. The van der Waals surface area contributed by atoms with Gasteiger partial charge >= 0.3 is 0 Å². The van der Waals surface area contributed by atoms with Gasteiger partial charge in [-0.2, -0.15) is 0 Å². The quantitative estimate of drug-likeness (QED) is 0.319. The third-order valence-electron chi connectivity index (χ3n) is 6.26. The van der Waals surface area contributed by atoms with Gasteiger partial charge in [0.1, 0.15) is 11.8 Å². The van der Waals surface area contributed by atoms with Gasteiger partial charge in [-0.15, -0.1) is 0 Å². The summed E-state index contributed by atoms with van der Waals surface area (Å²) in [6, 6.07) is 20.8. The van der Waals surface area contributed by atoms with E-state index in [1.165, 1.54) is 0 Å². The molecule has 4 rings (SSSR count). The summed E-state index contributed by atoms with van der Waals surface area (Å²) < 4.78 is 5.38. The number of anilines is 1. The van der Waals surface area contributed by atoms with E-state index >= 15 is 0 Å². The number of aromatic amines is 1. The molecule has 35 heavy (non-hydrogen) atoms. The van der Waals surface area contributed by atoms with E-state index in [9.17, 15) is 9.59 Å². The highest BCUT2D eigenvalue weighted by Gasteiger charge is 2.24. The molecule has 1 atom stereocenters. The minimum atomic E-state index is -0.734. The average molecular weight is 470 g/mol. The number of para-hydroxylation sites is 1. The zero-order chi connectivity index (χ0) is 24.8. The number of ether oxygens (including phenoxy) is 1. The van der Waals surface area contributed by atoms with Crippen molar-refractivity contribution in [2.75, 3.05) is 12.4 Å². The highest BCUT2D eigenvalue weighted by atomic mass is 16.5. The van der Waals surface area contributed by atoms with Crippen molar-refractivity contribution in [3.8, 4) is 5.75 Å². The van der Waals surface area contributed by atoms with Crippen molar-refractivity contribution in [3.63, 3.8) is 0 Å². The van der Waals surface area contributed by atoms with E-state index in [-0.39, 0.29) is 11.8 Å². The summed E-state index contributed by atoms with van der Waals surface area (Å²) in [6.45, 7) is 3.92. The molecule has 1 unspecified atom stereocenters. The fourth-order valence-electron chi connectivity index (χ4n) is 4.27. The fourth-order valence-corrected chi connectivity index (χ4v) is 4.27. The van der Waals surface area contributed by atoms with Crippen LogP contribution in [0.2, 0.25) is 0 Å². The Hall–Kier alpha value is -4.06. The number of fused-ring (bicyclic) bond motifs is 1. The van der Waals surface area contributed by atoms with Gasteiger partial charge in [-0.3, -0.25) is 9.59 Å². The van der Waals surface area contributed by atoms with Crippen LogP contribution in [-0.2, 0) is 22.4 Å². The van der Waals surface area contributed by atoms with E-state index in [4.69, 9.17) is 4.74 Å². The van der Waals surface area contributed by atoms with Gasteiger partial charge in [0, 0.05) is 35.6 Å². The number of H-pyrrole nitrogens is 1. The summed E-state index contributed by atoms with van der Waals surface area (Å²) in [5.41, 5.74) is 5.70. The Bertz CT molecular complexity index is 1310. The SMILES string of the molecule is COc1ccc2[nH]cc(CC(NC(=O)CCc3ccccc3)C(=O)Nc3c(C)cccc3C)c2c1. The molecule has 0 bridgehead atoms. The van der Waals surface area contributed by atoms with E-state index in [2.05, 4.69) is 15.6 Å². The summed E-state index contributed by atoms with van der Waals surface area (Å²) in [5, 5.41) is 7.00. The van der Waals surface area contributed by atoms with Gasteiger partial charge in [0.25, 0.3) is 0 Å². The Morgan fingerprint density at radius 2 is 1.71 bits per heavy atom. The first-order valence-corrected chi connectivity index (χ1v) is 11.8. The van der Waals surface area contributed by atoms with E-state index < -0.39 is 6.04 Å². The minimum Gasteiger partial charge on any atom is -0.497 e. The molecule has 0 aliphatic rings. The van der Waals surface area contributed by atoms with Crippen LogP contribution in [0.4, 0.5) is 5.69 Å². The number of methoxy groups -OCH3 is 1. The number of carbonyl (C=O) groups excluding carboxylic acids is 2. The molecule has 0 aliphatic carbocycles. The average Bonchev–Trinajstić information content (AvgIpc) is 3.27. The predicted octanol–water partition coefficient (Wildman–Crippen LogP) is 5.09. The molecule has 1 aromatic heterocycles. The van der Waals surface area contributed by atoms with Crippen LogP contribution in [0, 0.1) is 13.8 Å². The molecule has 1 heterocycles. The van der Waals surface area contributed by atoms with Crippen LogP contribution in [0.5, 0.6) is 5.75 Å². The number of nitrogens with one attached hydrogen (secondary N) is 3. The molecule has 0 saturated carbocycles. The maximum absolute atomic E-state index is 13.5. The van der Waals surface area contributed by atoms with Gasteiger partial charge in [-0.05, 0) is 60.7 Å². The lowest BCUT2D eigenvalue weighted by molar-refractivity contribution is -0.126. The topological polar surface area (TPSA) is 83.2 Å². The smallest absolute Gasteiger partial charge is 0.247 e. The molecule has 0 radical (unpaired) electrons. The standard InChI is InChI=1S/C29H31N3O3/c1-19-8-7-9-20(2)28(19)32-29(34)26(31-27(33)15-12-21-10-5-4-6-11-21)16-22-18-30-25-14-13-23(35-3)17-24(22)25/h4-11,13-14,17-18,26,30H,12,15-16H2,1-3H3,(H,31,33)(H,32,34). The summed E-state index contributed by atoms with van der Waals surface area (Å²) in [4.78, 5) is 29.6. The number of hydrogen-bond acceptors (Lipinski definition) is 3. The normalized spacial score (nSPS) is 11.7. The molecule has 0 spiro atoms. The second-order valence-electron chi connectivity index (χ2n) is 8.79. The van der Waals surface area contributed by atoms with Crippen molar-refractivity contribution in [3.05, 3.63) is 95.2 Å². The van der Waals surface area contributed by atoms with Gasteiger partial charge in [-0.1, -0.05) is 48.5 Å². The third-order valence-corrected chi connectivity index (χ3v) is 6.26. The largest absolute Gasteiger partial charge is 0.497 e. The van der Waals surface area contributed by atoms with Crippen molar-refractivity contribution in [2.45, 2.75) is 39.2 Å². The number of carbonyl (C=O) groups is 2. The van der Waals surface area contributed by atoms with Crippen LogP contribution in [0.3, 0.4) is 0 Å². The van der Waals surface area contributed by atoms with E-state index in [0.717, 1.165) is 44.6 Å². The molecule has 0 saturated heterocycles. The monoisotopic (exact) mass is 469 g/mol. The van der Waals surface area contributed by atoms with Crippen LogP contribution in [0.25, 0.3) is 10.9 Å². The molecular formula is C29H31N3O3. The van der Waals surface area contributed by atoms with E-state index in [0.29, 0.717) is 19.3 Å². The zero-order valence-electron chi connectivity index (χ0n) is 20.4. The molecule has 2 amide bonds. The Morgan fingerprint density at radius 3 is 2.43 bits per heavy atom. The first kappa shape index (κ1) is 24.1. The highest BCUT2D eigenvalue weighted by molar-refractivity contribution is 5.99. The van der Waals surface area contributed by atoms with Crippen molar-refractivity contribution < 1.29 is 14.3 Å². The lowest BCUT2D eigenvalue weighted by atomic mass is 10.0. The third kappa shape index (κ3) is 5.90. The lowest BCUT2D eigenvalue weighted by Crippen LogP contribution is -2.45. The number of amides is 2. The highest BCUT2D eigenvalue weighted by Crippen LogP contribution is 2.25. The summed E-state index contributed by atoms with van der Waals surface area (Å²) >= 11 is 0. The Balaban J connectivity index is 1.56. The van der Waals surface area contributed by atoms with Crippen LogP contribution in [-0.4, -0.2) is 29.9 Å². The van der Waals surface area contributed by atoms with Crippen molar-refractivity contribution in [1.29, 1.82) is 0 Å². The lowest BCUT2D eigenvalue weighted by Gasteiger charge is -2.20. The molecule has 3 N–H and O–H groups in total. The zero-order valence-corrected chi connectivity index (χ0v) is 20.4. The number of aryl methyl sites for hydroxylation is 3. The van der Waals surface area contributed by atoms with Gasteiger partial charge in [0.05, 0.1) is 7.11 Å². The Kier molecular flexibility index (Phi) is 7.51. The van der Waals surface area contributed by atoms with Crippen LogP contribution >= 0.6 is 0 Å². The van der Waals surface area contributed by atoms with Crippen molar-refractivity contribution in [1.82, 2.24) is 10.3 Å². The molecule has 6 nitrogen and oxygen atoms in total. The molecule has 0 aliphatic heterocycles. The van der Waals surface area contributed by atoms with Gasteiger partial charge in [-0.25, -0.2) is 0 Å². The fraction of sp³-hybridized carbons (Fsp3) is 0.241. The van der Waals surface area contributed by atoms with E-state index in [1.54, 1.807) is 7.11 Å². The number of hydrogen-bond donors (Lipinski definition) is 3. The molecule has 4 aromatic rings. The summed E-state index contributed by atoms with van der Waals surface area (Å²) in [5.74, 6) is 0.336. The number of rotatable bonds is 9. The first-order valence-electron chi connectivity index (χ1n) is 11.8. The molecular weight excluding hydrogens is 438 g/mol.